The monoisotopic (exact) mass is 242 g/mol. The standard InChI is InChI=1S/C12H12F2O3/c13-8-2-1-3-9(14)10(8)12(11(15)16)4-6-17-7-5-12/h1-3H,4-7H2,(H,15,16). The predicted molar refractivity (Wildman–Crippen MR) is 55.7 cm³/mol. The first-order chi connectivity index (χ1) is 8.08. The van der Waals surface area contributed by atoms with Gasteiger partial charge in [-0.15, -0.1) is 0 Å². The van der Waals surface area contributed by atoms with Gasteiger partial charge in [0.1, 0.15) is 17.0 Å². The Morgan fingerprint density at radius 3 is 2.24 bits per heavy atom. The SMILES string of the molecule is O=C(O)C1(c2c(F)cccc2F)CCOCC1. The zero-order valence-electron chi connectivity index (χ0n) is 9.08. The molecule has 0 aliphatic carbocycles. The molecule has 5 heteroatoms. The number of carboxylic acid groups (broad SMARTS) is 1. The van der Waals surface area contributed by atoms with E-state index < -0.39 is 23.0 Å². The van der Waals surface area contributed by atoms with Crippen molar-refractivity contribution in [1.82, 2.24) is 0 Å². The molecular weight excluding hydrogens is 230 g/mol. The Kier molecular flexibility index (Phi) is 3.11. The molecule has 1 aromatic rings. The molecule has 0 unspecified atom stereocenters. The van der Waals surface area contributed by atoms with Crippen LogP contribution in [0.25, 0.3) is 0 Å². The van der Waals surface area contributed by atoms with Crippen LogP contribution in [0.5, 0.6) is 0 Å². The van der Waals surface area contributed by atoms with Crippen LogP contribution in [0.4, 0.5) is 8.78 Å². The Morgan fingerprint density at radius 1 is 1.24 bits per heavy atom. The normalized spacial score (nSPS) is 18.9. The topological polar surface area (TPSA) is 46.5 Å². The van der Waals surface area contributed by atoms with Crippen LogP contribution in [0.3, 0.4) is 0 Å². The number of hydrogen-bond acceptors (Lipinski definition) is 2. The van der Waals surface area contributed by atoms with E-state index in [1.54, 1.807) is 0 Å². The van der Waals surface area contributed by atoms with Gasteiger partial charge in [-0.3, -0.25) is 4.79 Å². The number of ether oxygens (including phenoxy) is 1. The Hall–Kier alpha value is -1.49. The highest BCUT2D eigenvalue weighted by Crippen LogP contribution is 2.38. The van der Waals surface area contributed by atoms with E-state index in [0.717, 1.165) is 12.1 Å². The highest BCUT2D eigenvalue weighted by Gasteiger charge is 2.45. The van der Waals surface area contributed by atoms with E-state index in [9.17, 15) is 18.7 Å². The summed E-state index contributed by atoms with van der Waals surface area (Å²) in [6.45, 7) is 0.389. The summed E-state index contributed by atoms with van der Waals surface area (Å²) in [7, 11) is 0. The van der Waals surface area contributed by atoms with E-state index in [1.807, 2.05) is 0 Å². The lowest BCUT2D eigenvalue weighted by Gasteiger charge is -2.33. The highest BCUT2D eigenvalue weighted by atomic mass is 19.1. The van der Waals surface area contributed by atoms with Crippen molar-refractivity contribution in [2.24, 2.45) is 0 Å². The molecule has 1 aliphatic heterocycles. The number of rotatable bonds is 2. The minimum absolute atomic E-state index is 0.0835. The van der Waals surface area contributed by atoms with E-state index in [4.69, 9.17) is 4.74 Å². The summed E-state index contributed by atoms with van der Waals surface area (Å²) < 4.78 is 32.5. The smallest absolute Gasteiger partial charge is 0.314 e. The Morgan fingerprint density at radius 2 is 1.76 bits per heavy atom. The third-order valence-electron chi connectivity index (χ3n) is 3.20. The van der Waals surface area contributed by atoms with E-state index in [-0.39, 0.29) is 31.6 Å². The minimum Gasteiger partial charge on any atom is -0.481 e. The number of halogens is 2. The fraction of sp³-hybridized carbons (Fsp3) is 0.417. The van der Waals surface area contributed by atoms with E-state index in [1.165, 1.54) is 6.07 Å². The van der Waals surface area contributed by atoms with E-state index in [2.05, 4.69) is 0 Å². The summed E-state index contributed by atoms with van der Waals surface area (Å²) in [5, 5.41) is 9.30. The fourth-order valence-corrected chi connectivity index (χ4v) is 2.25. The lowest BCUT2D eigenvalue weighted by atomic mass is 9.73. The second-order valence-corrected chi connectivity index (χ2v) is 4.10. The number of hydrogen-bond donors (Lipinski definition) is 1. The average molecular weight is 242 g/mol. The minimum atomic E-state index is -1.51. The molecule has 2 rings (SSSR count). The summed E-state index contributed by atoms with van der Waals surface area (Å²) >= 11 is 0. The first kappa shape index (κ1) is 12.0. The van der Waals surface area contributed by atoms with Crippen LogP contribution >= 0.6 is 0 Å². The first-order valence-corrected chi connectivity index (χ1v) is 5.33. The first-order valence-electron chi connectivity index (χ1n) is 5.33. The van der Waals surface area contributed by atoms with Gasteiger partial charge in [-0.2, -0.15) is 0 Å². The molecule has 17 heavy (non-hydrogen) atoms. The van der Waals surface area contributed by atoms with Crippen LogP contribution in [0.1, 0.15) is 18.4 Å². The molecule has 1 aromatic carbocycles. The van der Waals surface area contributed by atoms with Crippen molar-refractivity contribution in [3.8, 4) is 0 Å². The van der Waals surface area contributed by atoms with Crippen molar-refractivity contribution < 1.29 is 23.4 Å². The van der Waals surface area contributed by atoms with Crippen molar-refractivity contribution in [2.45, 2.75) is 18.3 Å². The Bertz CT molecular complexity index is 419. The van der Waals surface area contributed by atoms with Gasteiger partial charge in [0.25, 0.3) is 0 Å². The van der Waals surface area contributed by atoms with Crippen molar-refractivity contribution >= 4 is 5.97 Å². The van der Waals surface area contributed by atoms with Crippen molar-refractivity contribution in [1.29, 1.82) is 0 Å². The van der Waals surface area contributed by atoms with Crippen molar-refractivity contribution in [2.75, 3.05) is 13.2 Å². The lowest BCUT2D eigenvalue weighted by molar-refractivity contribution is -0.148. The molecule has 1 heterocycles. The number of carbonyl (C=O) groups is 1. The summed E-state index contributed by atoms with van der Waals surface area (Å²) in [6.07, 6.45) is 0.167. The summed E-state index contributed by atoms with van der Waals surface area (Å²) in [6, 6.07) is 3.39. The van der Waals surface area contributed by atoms with Crippen LogP contribution in [0.2, 0.25) is 0 Å². The molecule has 1 aliphatic rings. The molecule has 0 aromatic heterocycles. The number of aliphatic carboxylic acids is 1. The predicted octanol–water partition coefficient (Wildman–Crippen LogP) is 2.10. The van der Waals surface area contributed by atoms with Crippen LogP contribution in [0.15, 0.2) is 18.2 Å². The largest absolute Gasteiger partial charge is 0.481 e. The van der Waals surface area contributed by atoms with Gasteiger partial charge in [0, 0.05) is 18.8 Å². The summed E-state index contributed by atoms with van der Waals surface area (Å²) in [5.41, 5.74) is -1.86. The Labute approximate surface area is 97.0 Å². The van der Waals surface area contributed by atoms with E-state index >= 15 is 0 Å². The van der Waals surface area contributed by atoms with Crippen LogP contribution in [-0.2, 0) is 14.9 Å². The van der Waals surface area contributed by atoms with E-state index in [0.29, 0.717) is 0 Å². The average Bonchev–Trinajstić information content (AvgIpc) is 2.29. The molecule has 0 amide bonds. The zero-order chi connectivity index (χ0) is 12.5. The number of benzene rings is 1. The van der Waals surface area contributed by atoms with Gasteiger partial charge < -0.3 is 9.84 Å². The van der Waals surface area contributed by atoms with Crippen LogP contribution in [-0.4, -0.2) is 24.3 Å². The van der Waals surface area contributed by atoms with Gasteiger partial charge >= 0.3 is 5.97 Å². The Balaban J connectivity index is 2.56. The molecule has 1 N–H and O–H groups in total. The lowest BCUT2D eigenvalue weighted by Crippen LogP contribution is -2.42. The maximum Gasteiger partial charge on any atom is 0.314 e. The summed E-state index contributed by atoms with van der Waals surface area (Å²) in [4.78, 5) is 11.4. The quantitative estimate of drug-likeness (QED) is 0.863. The molecule has 0 atom stereocenters. The van der Waals surface area contributed by atoms with Crippen LogP contribution < -0.4 is 0 Å². The third-order valence-corrected chi connectivity index (χ3v) is 3.20. The molecule has 1 fully saturated rings. The van der Waals surface area contributed by atoms with Gasteiger partial charge in [-0.1, -0.05) is 6.07 Å². The number of carboxylic acids is 1. The molecule has 0 saturated carbocycles. The molecule has 0 spiro atoms. The van der Waals surface area contributed by atoms with Crippen molar-refractivity contribution in [3.63, 3.8) is 0 Å². The molecule has 0 radical (unpaired) electrons. The summed E-state index contributed by atoms with van der Waals surface area (Å²) in [5.74, 6) is -2.83. The zero-order valence-corrected chi connectivity index (χ0v) is 9.08. The molecule has 0 bridgehead atoms. The molecule has 3 nitrogen and oxygen atoms in total. The third kappa shape index (κ3) is 1.91. The molecule has 1 saturated heterocycles. The molecule has 92 valence electrons. The van der Waals surface area contributed by atoms with Gasteiger partial charge in [-0.25, -0.2) is 8.78 Å². The highest BCUT2D eigenvalue weighted by molar-refractivity contribution is 5.81. The second-order valence-electron chi connectivity index (χ2n) is 4.10. The van der Waals surface area contributed by atoms with Crippen LogP contribution in [0, 0.1) is 11.6 Å². The van der Waals surface area contributed by atoms with Gasteiger partial charge in [-0.05, 0) is 25.0 Å². The second kappa shape index (κ2) is 4.41. The maximum atomic E-state index is 13.7. The fourth-order valence-electron chi connectivity index (χ4n) is 2.25. The van der Waals surface area contributed by atoms with Gasteiger partial charge in [0.15, 0.2) is 0 Å². The van der Waals surface area contributed by atoms with Gasteiger partial charge in [0.2, 0.25) is 0 Å². The maximum absolute atomic E-state index is 13.7. The molecular formula is C12H12F2O3. The van der Waals surface area contributed by atoms with Gasteiger partial charge in [0.05, 0.1) is 0 Å². The van der Waals surface area contributed by atoms with Crippen molar-refractivity contribution in [3.05, 3.63) is 35.4 Å².